The van der Waals surface area contributed by atoms with Gasteiger partial charge in [-0.05, 0) is 34.8 Å². The van der Waals surface area contributed by atoms with Gasteiger partial charge in [-0.2, -0.15) is 0 Å². The van der Waals surface area contributed by atoms with E-state index in [4.69, 9.17) is 4.42 Å². The molecule has 1 aromatic rings. The summed E-state index contributed by atoms with van der Waals surface area (Å²) in [5.41, 5.74) is 0. The Hall–Kier alpha value is 0.240. The molecule has 2 unspecified atom stereocenters. The summed E-state index contributed by atoms with van der Waals surface area (Å²) in [6, 6.07) is 1.99. The highest BCUT2D eigenvalue weighted by Crippen LogP contribution is 2.39. The average molecular weight is 322 g/mol. The first kappa shape index (κ1) is 10.7. The van der Waals surface area contributed by atoms with E-state index in [0.717, 1.165) is 10.2 Å². The normalized spacial score (nSPS) is 28.7. The van der Waals surface area contributed by atoms with Gasteiger partial charge < -0.3 is 4.42 Å². The lowest BCUT2D eigenvalue weighted by Crippen LogP contribution is -2.10. The van der Waals surface area contributed by atoms with Crippen molar-refractivity contribution in [3.63, 3.8) is 0 Å². The van der Waals surface area contributed by atoms with Crippen molar-refractivity contribution in [1.82, 2.24) is 0 Å². The number of alkyl halides is 1. The standard InChI is InChI=1S/C11H14Br2O/c12-9-5-3-1-2-4-8(9)11-10(13)6-7-14-11/h6-9H,1-5H2. The van der Waals surface area contributed by atoms with E-state index in [1.165, 1.54) is 32.1 Å². The second-order valence-corrected chi connectivity index (χ2v) is 5.92. The molecule has 0 N–H and O–H groups in total. The van der Waals surface area contributed by atoms with Crippen molar-refractivity contribution in [2.45, 2.75) is 42.8 Å². The van der Waals surface area contributed by atoms with Crippen LogP contribution in [0.25, 0.3) is 0 Å². The highest BCUT2D eigenvalue weighted by molar-refractivity contribution is 9.10. The summed E-state index contributed by atoms with van der Waals surface area (Å²) in [6.45, 7) is 0. The van der Waals surface area contributed by atoms with Crippen molar-refractivity contribution in [1.29, 1.82) is 0 Å². The minimum atomic E-state index is 0.543. The van der Waals surface area contributed by atoms with Crippen LogP contribution in [0.15, 0.2) is 21.2 Å². The summed E-state index contributed by atoms with van der Waals surface area (Å²) < 4.78 is 6.67. The Morgan fingerprint density at radius 1 is 1.21 bits per heavy atom. The lowest BCUT2D eigenvalue weighted by molar-refractivity contribution is 0.440. The molecule has 1 fully saturated rings. The maximum absolute atomic E-state index is 5.55. The minimum Gasteiger partial charge on any atom is -0.468 e. The summed E-state index contributed by atoms with van der Waals surface area (Å²) in [6.07, 6.45) is 8.28. The molecule has 2 rings (SSSR count). The average Bonchev–Trinajstić information content (AvgIpc) is 2.46. The zero-order chi connectivity index (χ0) is 9.97. The molecule has 0 spiro atoms. The molecular weight excluding hydrogens is 308 g/mol. The van der Waals surface area contributed by atoms with Gasteiger partial charge in [0.15, 0.2) is 0 Å². The molecule has 2 atom stereocenters. The van der Waals surface area contributed by atoms with Crippen LogP contribution in [0, 0.1) is 0 Å². The largest absolute Gasteiger partial charge is 0.468 e. The van der Waals surface area contributed by atoms with Crippen LogP contribution in [0.5, 0.6) is 0 Å². The smallest absolute Gasteiger partial charge is 0.122 e. The molecule has 0 aromatic carbocycles. The Kier molecular flexibility index (Phi) is 3.72. The van der Waals surface area contributed by atoms with Gasteiger partial charge in [-0.3, -0.25) is 0 Å². The minimum absolute atomic E-state index is 0.543. The van der Waals surface area contributed by atoms with Gasteiger partial charge in [-0.15, -0.1) is 0 Å². The van der Waals surface area contributed by atoms with Crippen LogP contribution in [-0.2, 0) is 0 Å². The molecule has 0 aliphatic heterocycles. The Bertz CT molecular complexity index is 295. The van der Waals surface area contributed by atoms with Crippen LogP contribution in [0.3, 0.4) is 0 Å². The maximum atomic E-state index is 5.55. The SMILES string of the molecule is Brc1ccoc1C1CCCCCC1Br. The predicted octanol–water partition coefficient (Wildman–Crippen LogP) is 4.85. The van der Waals surface area contributed by atoms with Gasteiger partial charge in [-0.25, -0.2) is 0 Å². The van der Waals surface area contributed by atoms with Gasteiger partial charge in [0.2, 0.25) is 0 Å². The van der Waals surface area contributed by atoms with Crippen LogP contribution in [0.1, 0.15) is 43.8 Å². The number of hydrogen-bond acceptors (Lipinski definition) is 1. The first-order valence-corrected chi connectivity index (χ1v) is 6.87. The summed E-state index contributed by atoms with van der Waals surface area (Å²) in [5, 5.41) is 0. The van der Waals surface area contributed by atoms with Gasteiger partial charge in [0.1, 0.15) is 5.76 Å². The monoisotopic (exact) mass is 320 g/mol. The zero-order valence-electron chi connectivity index (χ0n) is 8.01. The molecule has 1 heterocycles. The third kappa shape index (κ3) is 2.25. The number of furan rings is 1. The summed E-state index contributed by atoms with van der Waals surface area (Å²) in [5.74, 6) is 1.66. The van der Waals surface area contributed by atoms with Crippen molar-refractivity contribution in [3.8, 4) is 0 Å². The Labute approximate surface area is 102 Å². The fourth-order valence-electron chi connectivity index (χ4n) is 2.13. The highest BCUT2D eigenvalue weighted by Gasteiger charge is 2.26. The third-order valence-electron chi connectivity index (χ3n) is 2.91. The van der Waals surface area contributed by atoms with Gasteiger partial charge >= 0.3 is 0 Å². The maximum Gasteiger partial charge on any atom is 0.122 e. The Morgan fingerprint density at radius 2 is 2.00 bits per heavy atom. The van der Waals surface area contributed by atoms with E-state index in [1.54, 1.807) is 6.26 Å². The van der Waals surface area contributed by atoms with Crippen molar-refractivity contribution >= 4 is 31.9 Å². The summed E-state index contributed by atoms with van der Waals surface area (Å²) >= 11 is 7.32. The first-order valence-electron chi connectivity index (χ1n) is 5.16. The van der Waals surface area contributed by atoms with Gasteiger partial charge in [0, 0.05) is 10.7 Å². The summed E-state index contributed by atoms with van der Waals surface area (Å²) in [7, 11) is 0. The molecule has 1 aromatic heterocycles. The lowest BCUT2D eigenvalue weighted by atomic mass is 9.97. The van der Waals surface area contributed by atoms with Crippen LogP contribution < -0.4 is 0 Å². The Balaban J connectivity index is 2.19. The molecule has 1 aliphatic carbocycles. The second-order valence-electron chi connectivity index (χ2n) is 3.89. The molecular formula is C11H14Br2O. The van der Waals surface area contributed by atoms with E-state index < -0.39 is 0 Å². The van der Waals surface area contributed by atoms with Crippen LogP contribution in [-0.4, -0.2) is 4.83 Å². The van der Waals surface area contributed by atoms with E-state index in [2.05, 4.69) is 31.9 Å². The molecule has 78 valence electrons. The molecule has 1 aliphatic rings. The molecule has 0 radical (unpaired) electrons. The van der Waals surface area contributed by atoms with Gasteiger partial charge in [0.25, 0.3) is 0 Å². The molecule has 0 amide bonds. The molecule has 1 saturated carbocycles. The third-order valence-corrected chi connectivity index (χ3v) is 4.66. The van der Waals surface area contributed by atoms with E-state index >= 15 is 0 Å². The fraction of sp³-hybridized carbons (Fsp3) is 0.636. The van der Waals surface area contributed by atoms with E-state index in [9.17, 15) is 0 Å². The molecule has 14 heavy (non-hydrogen) atoms. The highest BCUT2D eigenvalue weighted by atomic mass is 79.9. The quantitative estimate of drug-likeness (QED) is 0.532. The Morgan fingerprint density at radius 3 is 2.71 bits per heavy atom. The number of halogens is 2. The number of hydrogen-bond donors (Lipinski definition) is 0. The zero-order valence-corrected chi connectivity index (χ0v) is 11.2. The van der Waals surface area contributed by atoms with Gasteiger partial charge in [-0.1, -0.05) is 35.2 Å². The van der Waals surface area contributed by atoms with E-state index in [-0.39, 0.29) is 0 Å². The fourth-order valence-corrected chi connectivity index (χ4v) is 3.45. The molecule has 3 heteroatoms. The van der Waals surface area contributed by atoms with Crippen LogP contribution in [0.2, 0.25) is 0 Å². The lowest BCUT2D eigenvalue weighted by Gasteiger charge is -2.17. The van der Waals surface area contributed by atoms with Crippen molar-refractivity contribution < 1.29 is 4.42 Å². The topological polar surface area (TPSA) is 13.1 Å². The van der Waals surface area contributed by atoms with E-state index in [1.807, 2.05) is 6.07 Å². The molecule has 1 nitrogen and oxygen atoms in total. The predicted molar refractivity (Wildman–Crippen MR) is 64.9 cm³/mol. The van der Waals surface area contributed by atoms with Crippen molar-refractivity contribution in [2.75, 3.05) is 0 Å². The van der Waals surface area contributed by atoms with E-state index in [0.29, 0.717) is 10.7 Å². The van der Waals surface area contributed by atoms with Crippen molar-refractivity contribution in [2.24, 2.45) is 0 Å². The molecule has 0 saturated heterocycles. The van der Waals surface area contributed by atoms with Crippen molar-refractivity contribution in [3.05, 3.63) is 22.6 Å². The number of rotatable bonds is 1. The van der Waals surface area contributed by atoms with Crippen LogP contribution in [0.4, 0.5) is 0 Å². The first-order chi connectivity index (χ1) is 6.79. The van der Waals surface area contributed by atoms with Gasteiger partial charge in [0.05, 0.1) is 10.7 Å². The summed E-state index contributed by atoms with van der Waals surface area (Å²) in [4.78, 5) is 0.576. The molecule has 0 bridgehead atoms. The second kappa shape index (κ2) is 4.84. The van der Waals surface area contributed by atoms with Crippen LogP contribution >= 0.6 is 31.9 Å².